The van der Waals surface area contributed by atoms with Gasteiger partial charge in [0, 0.05) is 6.08 Å². The standard InChI is InChI=1S/C12H21NO3/c1-4-5-6-7-10(12(15)16)13-11(14)8-9(2)3/h8,10H,4-7H2,1-3H3,(H,13,14)(H,15,16)/t10-/m0/s1. The molecule has 0 radical (unpaired) electrons. The summed E-state index contributed by atoms with van der Waals surface area (Å²) in [4.78, 5) is 22.2. The number of carboxylic acids is 1. The molecule has 0 bridgehead atoms. The van der Waals surface area contributed by atoms with Crippen LogP contribution in [0, 0.1) is 0 Å². The number of hydrogen-bond acceptors (Lipinski definition) is 2. The molecule has 0 aliphatic heterocycles. The lowest BCUT2D eigenvalue weighted by atomic mass is 10.1. The van der Waals surface area contributed by atoms with Crippen molar-refractivity contribution in [2.45, 2.75) is 52.5 Å². The van der Waals surface area contributed by atoms with Crippen LogP contribution >= 0.6 is 0 Å². The van der Waals surface area contributed by atoms with Gasteiger partial charge in [-0.15, -0.1) is 0 Å². The number of hydrogen-bond donors (Lipinski definition) is 2. The minimum Gasteiger partial charge on any atom is -0.480 e. The van der Waals surface area contributed by atoms with Crippen LogP contribution in [0.3, 0.4) is 0 Å². The summed E-state index contributed by atoms with van der Waals surface area (Å²) in [5.41, 5.74) is 0.857. The average molecular weight is 227 g/mol. The van der Waals surface area contributed by atoms with Gasteiger partial charge < -0.3 is 10.4 Å². The maximum absolute atomic E-state index is 11.4. The SMILES string of the molecule is CCCCC[C@H](NC(=O)C=C(C)C)C(=O)O. The molecule has 16 heavy (non-hydrogen) atoms. The van der Waals surface area contributed by atoms with Gasteiger partial charge in [0.1, 0.15) is 6.04 Å². The van der Waals surface area contributed by atoms with Crippen LogP contribution in [-0.2, 0) is 9.59 Å². The number of amides is 1. The third-order valence-electron chi connectivity index (χ3n) is 2.13. The lowest BCUT2D eigenvalue weighted by Crippen LogP contribution is -2.40. The number of allylic oxidation sites excluding steroid dienone is 1. The highest BCUT2D eigenvalue weighted by Gasteiger charge is 2.17. The normalized spacial score (nSPS) is 11.7. The molecule has 0 spiro atoms. The maximum Gasteiger partial charge on any atom is 0.326 e. The molecule has 4 heteroatoms. The van der Waals surface area contributed by atoms with Gasteiger partial charge in [0.2, 0.25) is 5.91 Å². The first-order valence-corrected chi connectivity index (χ1v) is 5.65. The molecule has 0 rings (SSSR count). The summed E-state index contributed by atoms with van der Waals surface area (Å²) in [5, 5.41) is 11.4. The summed E-state index contributed by atoms with van der Waals surface area (Å²) in [5.74, 6) is -1.30. The first-order valence-electron chi connectivity index (χ1n) is 5.65. The van der Waals surface area contributed by atoms with Crippen molar-refractivity contribution in [1.29, 1.82) is 0 Å². The molecule has 1 atom stereocenters. The van der Waals surface area contributed by atoms with Crippen LogP contribution < -0.4 is 5.32 Å². The number of unbranched alkanes of at least 4 members (excludes halogenated alkanes) is 2. The minimum absolute atomic E-state index is 0.330. The zero-order valence-electron chi connectivity index (χ0n) is 10.2. The monoisotopic (exact) mass is 227 g/mol. The molecule has 0 aliphatic carbocycles. The van der Waals surface area contributed by atoms with Crippen LogP contribution in [-0.4, -0.2) is 23.0 Å². The Morgan fingerprint density at radius 1 is 1.31 bits per heavy atom. The summed E-state index contributed by atoms with van der Waals surface area (Å²) >= 11 is 0. The summed E-state index contributed by atoms with van der Waals surface area (Å²) in [6.45, 7) is 5.65. The third kappa shape index (κ3) is 7.04. The highest BCUT2D eigenvalue weighted by molar-refractivity contribution is 5.91. The predicted molar refractivity (Wildman–Crippen MR) is 63.1 cm³/mol. The highest BCUT2D eigenvalue weighted by Crippen LogP contribution is 2.04. The molecule has 0 saturated heterocycles. The van der Waals surface area contributed by atoms with Gasteiger partial charge >= 0.3 is 5.97 Å². The molecule has 0 fully saturated rings. The van der Waals surface area contributed by atoms with Gasteiger partial charge in [0.25, 0.3) is 0 Å². The smallest absolute Gasteiger partial charge is 0.326 e. The summed E-state index contributed by atoms with van der Waals surface area (Å²) in [6, 6.07) is -0.769. The van der Waals surface area contributed by atoms with E-state index in [1.807, 2.05) is 0 Å². The lowest BCUT2D eigenvalue weighted by molar-refractivity contribution is -0.141. The van der Waals surface area contributed by atoms with Crippen molar-refractivity contribution in [2.24, 2.45) is 0 Å². The molecule has 0 heterocycles. The zero-order valence-corrected chi connectivity index (χ0v) is 10.2. The molecule has 0 saturated carbocycles. The van der Waals surface area contributed by atoms with Gasteiger partial charge in [0.15, 0.2) is 0 Å². The summed E-state index contributed by atoms with van der Waals surface area (Å²) in [7, 11) is 0. The second kappa shape index (κ2) is 7.91. The van der Waals surface area contributed by atoms with Crippen molar-refractivity contribution >= 4 is 11.9 Å². The van der Waals surface area contributed by atoms with E-state index in [4.69, 9.17) is 5.11 Å². The molecule has 0 aromatic carbocycles. The van der Waals surface area contributed by atoms with Crippen molar-refractivity contribution in [3.8, 4) is 0 Å². The van der Waals surface area contributed by atoms with E-state index in [2.05, 4.69) is 12.2 Å². The molecule has 1 amide bonds. The first-order chi connectivity index (χ1) is 7.47. The lowest BCUT2D eigenvalue weighted by Gasteiger charge is -2.12. The van der Waals surface area contributed by atoms with Gasteiger partial charge in [-0.05, 0) is 20.3 Å². The molecule has 2 N–H and O–H groups in total. The first kappa shape index (κ1) is 14.7. The summed E-state index contributed by atoms with van der Waals surface area (Å²) < 4.78 is 0. The van der Waals surface area contributed by atoms with E-state index in [0.717, 1.165) is 24.8 Å². The molecule has 4 nitrogen and oxygen atoms in total. The van der Waals surface area contributed by atoms with E-state index >= 15 is 0 Å². The Morgan fingerprint density at radius 3 is 2.38 bits per heavy atom. The Morgan fingerprint density at radius 2 is 1.94 bits per heavy atom. The Labute approximate surface area is 96.7 Å². The van der Waals surface area contributed by atoms with Gasteiger partial charge in [0.05, 0.1) is 0 Å². The number of aliphatic carboxylic acids is 1. The Hall–Kier alpha value is -1.32. The van der Waals surface area contributed by atoms with Gasteiger partial charge in [-0.1, -0.05) is 31.8 Å². The van der Waals surface area contributed by atoms with E-state index in [1.165, 1.54) is 6.08 Å². The van der Waals surface area contributed by atoms with Crippen LogP contribution in [0.15, 0.2) is 11.6 Å². The van der Waals surface area contributed by atoms with Gasteiger partial charge in [-0.3, -0.25) is 4.79 Å². The highest BCUT2D eigenvalue weighted by atomic mass is 16.4. The molecule has 0 aromatic rings. The van der Waals surface area contributed by atoms with Crippen LogP contribution in [0.5, 0.6) is 0 Å². The van der Waals surface area contributed by atoms with E-state index < -0.39 is 12.0 Å². The average Bonchev–Trinajstić information content (AvgIpc) is 2.15. The van der Waals surface area contributed by atoms with Gasteiger partial charge in [-0.2, -0.15) is 0 Å². The quantitative estimate of drug-likeness (QED) is 0.517. The Kier molecular flexibility index (Phi) is 7.25. The number of carbonyl (C=O) groups is 2. The predicted octanol–water partition coefficient (Wildman–Crippen LogP) is 2.10. The Balaban J connectivity index is 4.18. The van der Waals surface area contributed by atoms with Crippen LogP contribution in [0.2, 0.25) is 0 Å². The largest absolute Gasteiger partial charge is 0.480 e. The van der Waals surface area contributed by atoms with E-state index in [0.29, 0.717) is 6.42 Å². The van der Waals surface area contributed by atoms with Crippen molar-refractivity contribution < 1.29 is 14.7 Å². The molecular weight excluding hydrogens is 206 g/mol. The van der Waals surface area contributed by atoms with E-state index in [-0.39, 0.29) is 5.91 Å². The minimum atomic E-state index is -0.966. The van der Waals surface area contributed by atoms with Crippen LogP contribution in [0.1, 0.15) is 46.5 Å². The van der Waals surface area contributed by atoms with Crippen LogP contribution in [0.25, 0.3) is 0 Å². The van der Waals surface area contributed by atoms with Crippen molar-refractivity contribution in [2.75, 3.05) is 0 Å². The molecular formula is C12H21NO3. The van der Waals surface area contributed by atoms with Crippen molar-refractivity contribution in [3.05, 3.63) is 11.6 Å². The van der Waals surface area contributed by atoms with Crippen molar-refractivity contribution in [3.63, 3.8) is 0 Å². The van der Waals surface area contributed by atoms with Crippen LogP contribution in [0.4, 0.5) is 0 Å². The number of carboxylic acid groups (broad SMARTS) is 1. The van der Waals surface area contributed by atoms with E-state index in [1.54, 1.807) is 13.8 Å². The number of rotatable bonds is 7. The number of nitrogens with one attached hydrogen (secondary N) is 1. The topological polar surface area (TPSA) is 66.4 Å². The summed E-state index contributed by atoms with van der Waals surface area (Å²) in [6.07, 6.45) is 4.75. The fraction of sp³-hybridized carbons (Fsp3) is 0.667. The fourth-order valence-electron chi connectivity index (χ4n) is 1.33. The second-order valence-electron chi connectivity index (χ2n) is 4.12. The molecule has 0 aromatic heterocycles. The number of carbonyl (C=O) groups excluding carboxylic acids is 1. The molecule has 0 aliphatic rings. The van der Waals surface area contributed by atoms with Gasteiger partial charge in [-0.25, -0.2) is 4.79 Å². The molecule has 92 valence electrons. The third-order valence-corrected chi connectivity index (χ3v) is 2.13. The second-order valence-corrected chi connectivity index (χ2v) is 4.12. The fourth-order valence-corrected chi connectivity index (χ4v) is 1.33. The maximum atomic E-state index is 11.4. The van der Waals surface area contributed by atoms with E-state index in [9.17, 15) is 9.59 Å². The Bertz CT molecular complexity index is 267. The van der Waals surface area contributed by atoms with Crippen molar-refractivity contribution in [1.82, 2.24) is 5.32 Å². The zero-order chi connectivity index (χ0) is 12.6. The molecule has 0 unspecified atom stereocenters.